The molecule has 0 aliphatic carbocycles. The quantitative estimate of drug-likeness (QED) is 0.759. The van der Waals surface area contributed by atoms with Crippen LogP contribution in [0.2, 0.25) is 0 Å². The highest BCUT2D eigenvalue weighted by atomic mass is 16.5. The smallest absolute Gasteiger partial charge is 0.340 e. The Morgan fingerprint density at radius 2 is 2.28 bits per heavy atom. The summed E-state index contributed by atoms with van der Waals surface area (Å²) in [6.45, 7) is 5.39. The minimum atomic E-state index is -0.177. The summed E-state index contributed by atoms with van der Waals surface area (Å²) >= 11 is 0. The van der Waals surface area contributed by atoms with Gasteiger partial charge in [-0.05, 0) is 32.3 Å². The summed E-state index contributed by atoms with van der Waals surface area (Å²) in [4.78, 5) is 12.2. The largest absolute Gasteiger partial charge is 0.462 e. The average Bonchev–Trinajstić information content (AvgIpc) is 2.88. The Labute approximate surface area is 106 Å². The number of hydrogen-bond acceptors (Lipinski definition) is 2. The van der Waals surface area contributed by atoms with Crippen LogP contribution in [0.5, 0.6) is 0 Å². The fourth-order valence-electron chi connectivity index (χ4n) is 2.99. The second-order valence-electron chi connectivity index (χ2n) is 4.77. The van der Waals surface area contributed by atoms with Gasteiger partial charge in [0.15, 0.2) is 0 Å². The van der Waals surface area contributed by atoms with Gasteiger partial charge in [0.1, 0.15) is 0 Å². The zero-order valence-electron chi connectivity index (χ0n) is 10.8. The van der Waals surface area contributed by atoms with Gasteiger partial charge in [-0.15, -0.1) is 0 Å². The molecule has 1 aromatic heterocycles. The van der Waals surface area contributed by atoms with Crippen LogP contribution in [0.25, 0.3) is 10.9 Å². The van der Waals surface area contributed by atoms with Crippen LogP contribution >= 0.6 is 0 Å². The first kappa shape index (κ1) is 11.3. The van der Waals surface area contributed by atoms with Gasteiger partial charge >= 0.3 is 5.97 Å². The number of fused-ring (bicyclic) bond motifs is 3. The van der Waals surface area contributed by atoms with Crippen molar-refractivity contribution in [2.24, 2.45) is 0 Å². The number of esters is 1. The van der Waals surface area contributed by atoms with Gasteiger partial charge in [-0.3, -0.25) is 0 Å². The van der Waals surface area contributed by atoms with E-state index < -0.39 is 0 Å². The zero-order chi connectivity index (χ0) is 12.7. The normalized spacial score (nSPS) is 13.9. The van der Waals surface area contributed by atoms with E-state index in [2.05, 4.69) is 17.6 Å². The molecule has 0 atom stereocenters. The summed E-state index contributed by atoms with van der Waals surface area (Å²) in [5.74, 6) is -0.177. The van der Waals surface area contributed by atoms with Crippen molar-refractivity contribution >= 4 is 16.9 Å². The van der Waals surface area contributed by atoms with Gasteiger partial charge in [0.25, 0.3) is 0 Å². The average molecular weight is 243 g/mol. The van der Waals surface area contributed by atoms with Crippen molar-refractivity contribution < 1.29 is 9.53 Å². The maximum absolute atomic E-state index is 12.2. The van der Waals surface area contributed by atoms with Crippen LogP contribution in [0.3, 0.4) is 0 Å². The van der Waals surface area contributed by atoms with Crippen LogP contribution in [-0.2, 0) is 17.7 Å². The van der Waals surface area contributed by atoms with E-state index in [1.165, 1.54) is 11.1 Å². The number of hydrogen-bond donors (Lipinski definition) is 0. The minimum Gasteiger partial charge on any atom is -0.462 e. The molecule has 0 fully saturated rings. The summed E-state index contributed by atoms with van der Waals surface area (Å²) in [5, 5.41) is 1.04. The molecule has 18 heavy (non-hydrogen) atoms. The fourth-order valence-corrected chi connectivity index (χ4v) is 2.99. The van der Waals surface area contributed by atoms with Gasteiger partial charge in [0, 0.05) is 17.6 Å². The summed E-state index contributed by atoms with van der Waals surface area (Å²) in [7, 11) is 0. The predicted molar refractivity (Wildman–Crippen MR) is 71.0 cm³/mol. The molecule has 0 bridgehead atoms. The van der Waals surface area contributed by atoms with Gasteiger partial charge < -0.3 is 9.30 Å². The van der Waals surface area contributed by atoms with Crippen LogP contribution in [0.1, 0.15) is 35.0 Å². The maximum Gasteiger partial charge on any atom is 0.340 e. The Balaban J connectivity index is 2.31. The van der Waals surface area contributed by atoms with E-state index in [4.69, 9.17) is 4.74 Å². The summed E-state index contributed by atoms with van der Waals surface area (Å²) in [5.41, 5.74) is 4.37. The SMILES string of the molecule is CCOC(=O)c1c2n(c3c(C)cccc13)CCC2. The van der Waals surface area contributed by atoms with E-state index in [0.717, 1.165) is 36.0 Å². The molecule has 1 aliphatic rings. The van der Waals surface area contributed by atoms with E-state index in [0.29, 0.717) is 6.61 Å². The predicted octanol–water partition coefficient (Wildman–Crippen LogP) is 3.07. The highest BCUT2D eigenvalue weighted by Gasteiger charge is 2.26. The van der Waals surface area contributed by atoms with Gasteiger partial charge in [0.2, 0.25) is 0 Å². The lowest BCUT2D eigenvalue weighted by Gasteiger charge is -2.03. The number of rotatable bonds is 2. The molecule has 3 nitrogen and oxygen atoms in total. The molecule has 0 amide bonds. The van der Waals surface area contributed by atoms with Crippen LogP contribution in [0, 0.1) is 6.92 Å². The van der Waals surface area contributed by atoms with E-state index in [1.807, 2.05) is 19.1 Å². The third-order valence-electron chi connectivity index (χ3n) is 3.67. The highest BCUT2D eigenvalue weighted by molar-refractivity contribution is 6.07. The zero-order valence-corrected chi connectivity index (χ0v) is 10.8. The molecule has 2 aromatic rings. The van der Waals surface area contributed by atoms with E-state index in [9.17, 15) is 4.79 Å². The monoisotopic (exact) mass is 243 g/mol. The first-order chi connectivity index (χ1) is 8.74. The van der Waals surface area contributed by atoms with Gasteiger partial charge in [-0.1, -0.05) is 18.2 Å². The molecule has 94 valence electrons. The van der Waals surface area contributed by atoms with Crippen LogP contribution in [0.15, 0.2) is 18.2 Å². The molecule has 1 aromatic carbocycles. The van der Waals surface area contributed by atoms with Crippen LogP contribution in [-0.4, -0.2) is 17.1 Å². The fraction of sp³-hybridized carbons (Fsp3) is 0.400. The molecule has 1 aliphatic heterocycles. The van der Waals surface area contributed by atoms with Gasteiger partial charge in [0.05, 0.1) is 17.7 Å². The number of ether oxygens (including phenoxy) is 1. The third kappa shape index (κ3) is 1.47. The molecule has 2 heterocycles. The molecular formula is C15H17NO2. The second-order valence-corrected chi connectivity index (χ2v) is 4.77. The molecule has 3 heteroatoms. The lowest BCUT2D eigenvalue weighted by atomic mass is 10.1. The molecule has 0 N–H and O–H groups in total. The number of benzene rings is 1. The Kier molecular flexibility index (Phi) is 2.62. The number of carbonyl (C=O) groups is 1. The number of nitrogens with zero attached hydrogens (tertiary/aromatic N) is 1. The maximum atomic E-state index is 12.2. The van der Waals surface area contributed by atoms with E-state index >= 15 is 0 Å². The number of aromatic nitrogens is 1. The number of carbonyl (C=O) groups excluding carboxylic acids is 1. The third-order valence-corrected chi connectivity index (χ3v) is 3.67. The Morgan fingerprint density at radius 3 is 3.06 bits per heavy atom. The summed E-state index contributed by atoms with van der Waals surface area (Å²) in [6.07, 6.45) is 2.09. The standard InChI is InChI=1S/C15H17NO2/c1-3-18-15(17)13-11-7-4-6-10(2)14(11)16-9-5-8-12(13)16/h4,6-7H,3,5,8-9H2,1-2H3. The topological polar surface area (TPSA) is 31.2 Å². The van der Waals surface area contributed by atoms with Crippen molar-refractivity contribution in [1.29, 1.82) is 0 Å². The Morgan fingerprint density at radius 1 is 1.44 bits per heavy atom. The highest BCUT2D eigenvalue weighted by Crippen LogP contribution is 2.33. The van der Waals surface area contributed by atoms with Crippen molar-refractivity contribution in [3.8, 4) is 0 Å². The van der Waals surface area contributed by atoms with Crippen molar-refractivity contribution in [2.75, 3.05) is 6.61 Å². The summed E-state index contributed by atoms with van der Waals surface area (Å²) in [6, 6.07) is 6.14. The summed E-state index contributed by atoms with van der Waals surface area (Å²) < 4.78 is 7.50. The lowest BCUT2D eigenvalue weighted by Crippen LogP contribution is -2.06. The Bertz CT molecular complexity index is 625. The van der Waals surface area contributed by atoms with E-state index in [1.54, 1.807) is 0 Å². The first-order valence-electron chi connectivity index (χ1n) is 6.52. The van der Waals surface area contributed by atoms with Gasteiger partial charge in [-0.25, -0.2) is 4.79 Å². The van der Waals surface area contributed by atoms with Gasteiger partial charge in [-0.2, -0.15) is 0 Å². The molecule has 0 unspecified atom stereocenters. The van der Waals surface area contributed by atoms with Crippen molar-refractivity contribution in [3.05, 3.63) is 35.0 Å². The van der Waals surface area contributed by atoms with Crippen LogP contribution in [0.4, 0.5) is 0 Å². The molecule has 0 radical (unpaired) electrons. The lowest BCUT2D eigenvalue weighted by molar-refractivity contribution is 0.0527. The number of aryl methyl sites for hydroxylation is 2. The van der Waals surface area contributed by atoms with Crippen LogP contribution < -0.4 is 0 Å². The first-order valence-corrected chi connectivity index (χ1v) is 6.52. The number of para-hydroxylation sites is 1. The van der Waals surface area contributed by atoms with Crippen molar-refractivity contribution in [1.82, 2.24) is 4.57 Å². The van der Waals surface area contributed by atoms with Crippen molar-refractivity contribution in [3.63, 3.8) is 0 Å². The molecule has 3 rings (SSSR count). The molecular weight excluding hydrogens is 226 g/mol. The Hall–Kier alpha value is -1.77. The van der Waals surface area contributed by atoms with Crippen molar-refractivity contribution in [2.45, 2.75) is 33.2 Å². The van der Waals surface area contributed by atoms with E-state index in [-0.39, 0.29) is 5.97 Å². The second kappa shape index (κ2) is 4.16. The molecule has 0 spiro atoms. The molecule has 0 saturated carbocycles. The minimum absolute atomic E-state index is 0.177. The molecule has 0 saturated heterocycles.